The Labute approximate surface area is 169 Å². The lowest BCUT2D eigenvalue weighted by Gasteiger charge is -2.20. The van der Waals surface area contributed by atoms with Gasteiger partial charge in [-0.15, -0.1) is 0 Å². The summed E-state index contributed by atoms with van der Waals surface area (Å²) in [6, 6.07) is 6.71. The molecule has 11 heteroatoms. The second kappa shape index (κ2) is 7.26. The third kappa shape index (κ3) is 3.67. The molecule has 0 spiro atoms. The summed E-state index contributed by atoms with van der Waals surface area (Å²) in [6.07, 6.45) is 1.86. The van der Waals surface area contributed by atoms with Crippen molar-refractivity contribution in [3.63, 3.8) is 0 Å². The Morgan fingerprint density at radius 2 is 2.07 bits per heavy atom. The third-order valence-corrected chi connectivity index (χ3v) is 6.78. The molecule has 28 heavy (non-hydrogen) atoms. The zero-order valence-corrected chi connectivity index (χ0v) is 16.6. The van der Waals surface area contributed by atoms with Crippen molar-refractivity contribution in [2.75, 3.05) is 16.2 Å². The molecule has 146 valence electrons. The normalized spacial score (nSPS) is 13.6. The summed E-state index contributed by atoms with van der Waals surface area (Å²) in [5.41, 5.74) is 2.16. The second-order valence-corrected chi connectivity index (χ2v) is 9.01. The highest BCUT2D eigenvalue weighted by Gasteiger charge is 2.25. The molecule has 0 aliphatic carbocycles. The van der Waals surface area contributed by atoms with E-state index in [1.807, 2.05) is 4.90 Å². The van der Waals surface area contributed by atoms with Crippen molar-refractivity contribution in [1.82, 2.24) is 9.36 Å². The van der Waals surface area contributed by atoms with Crippen LogP contribution in [-0.4, -0.2) is 24.3 Å². The fourth-order valence-corrected chi connectivity index (χ4v) is 5.13. The van der Waals surface area contributed by atoms with Gasteiger partial charge in [0, 0.05) is 35.3 Å². The summed E-state index contributed by atoms with van der Waals surface area (Å²) in [6.45, 7) is 0.911. The van der Waals surface area contributed by atoms with Crippen LogP contribution in [0.3, 0.4) is 0 Å². The highest BCUT2D eigenvalue weighted by atomic mass is 35.5. The highest BCUT2D eigenvalue weighted by molar-refractivity contribution is 7.93. The van der Waals surface area contributed by atoms with Gasteiger partial charge in [0.25, 0.3) is 10.0 Å². The predicted molar refractivity (Wildman–Crippen MR) is 103 cm³/mol. The van der Waals surface area contributed by atoms with E-state index >= 15 is 0 Å². The standard InChI is InChI=1S/C17H13ClF2N4O2S2/c18-13-7-16(28(25,26)23-17-21-9-22-27-17)14(20)6-11(13)8-24-4-3-10-5-12(19)1-2-15(10)24/h1-2,5-7,9H,3-4,8H2,(H,21,22,23). The number of sulfonamides is 1. The topological polar surface area (TPSA) is 75.2 Å². The number of halogens is 3. The van der Waals surface area contributed by atoms with Crippen LogP contribution >= 0.6 is 23.1 Å². The Hall–Kier alpha value is -2.30. The van der Waals surface area contributed by atoms with E-state index in [1.165, 1.54) is 18.5 Å². The minimum Gasteiger partial charge on any atom is -0.367 e. The van der Waals surface area contributed by atoms with Gasteiger partial charge >= 0.3 is 0 Å². The van der Waals surface area contributed by atoms with Gasteiger partial charge in [-0.2, -0.15) is 4.37 Å². The van der Waals surface area contributed by atoms with Gasteiger partial charge < -0.3 is 4.90 Å². The summed E-state index contributed by atoms with van der Waals surface area (Å²) >= 11 is 7.08. The van der Waals surface area contributed by atoms with Crippen molar-refractivity contribution < 1.29 is 17.2 Å². The molecule has 3 aromatic rings. The summed E-state index contributed by atoms with van der Waals surface area (Å²) in [7, 11) is -4.19. The molecule has 1 aliphatic rings. The lowest BCUT2D eigenvalue weighted by atomic mass is 10.1. The number of aromatic nitrogens is 2. The first-order valence-electron chi connectivity index (χ1n) is 8.14. The molecule has 0 atom stereocenters. The van der Waals surface area contributed by atoms with Crippen molar-refractivity contribution in [3.05, 3.63) is 64.4 Å². The summed E-state index contributed by atoms with van der Waals surface area (Å²) in [5.74, 6) is -1.22. The van der Waals surface area contributed by atoms with Gasteiger partial charge in [-0.1, -0.05) is 11.6 Å². The summed E-state index contributed by atoms with van der Waals surface area (Å²) in [4.78, 5) is 5.10. The molecule has 4 rings (SSSR count). The van der Waals surface area contributed by atoms with E-state index in [9.17, 15) is 17.2 Å². The van der Waals surface area contributed by atoms with Gasteiger partial charge in [0.05, 0.1) is 0 Å². The minimum atomic E-state index is -4.19. The molecule has 2 aromatic carbocycles. The largest absolute Gasteiger partial charge is 0.367 e. The van der Waals surface area contributed by atoms with Crippen molar-refractivity contribution in [2.45, 2.75) is 17.9 Å². The SMILES string of the molecule is O=S(=O)(Nc1ncns1)c1cc(Cl)c(CN2CCc3cc(F)ccc32)cc1F. The van der Waals surface area contributed by atoms with Crippen molar-refractivity contribution in [2.24, 2.45) is 0 Å². The van der Waals surface area contributed by atoms with Gasteiger partial charge in [0.15, 0.2) is 0 Å². The van der Waals surface area contributed by atoms with E-state index in [1.54, 1.807) is 6.07 Å². The Morgan fingerprint density at radius 3 is 2.82 bits per heavy atom. The summed E-state index contributed by atoms with van der Waals surface area (Å²) < 4.78 is 58.6. The van der Waals surface area contributed by atoms with Crippen LogP contribution in [0.25, 0.3) is 0 Å². The smallest absolute Gasteiger partial charge is 0.266 e. The number of hydrogen-bond acceptors (Lipinski definition) is 6. The maximum Gasteiger partial charge on any atom is 0.266 e. The van der Waals surface area contributed by atoms with E-state index in [4.69, 9.17) is 11.6 Å². The highest BCUT2D eigenvalue weighted by Crippen LogP contribution is 2.32. The fourth-order valence-electron chi connectivity index (χ4n) is 3.09. The molecule has 6 nitrogen and oxygen atoms in total. The Kier molecular flexibility index (Phi) is 4.94. The van der Waals surface area contributed by atoms with Gasteiger partial charge in [-0.25, -0.2) is 22.2 Å². The van der Waals surface area contributed by atoms with Gasteiger partial charge in [0.1, 0.15) is 22.9 Å². The molecule has 0 amide bonds. The molecule has 0 saturated heterocycles. The molecule has 2 heterocycles. The zero-order chi connectivity index (χ0) is 19.9. The van der Waals surface area contributed by atoms with E-state index in [-0.39, 0.29) is 22.5 Å². The number of benzene rings is 2. The van der Waals surface area contributed by atoms with Crippen LogP contribution in [0.5, 0.6) is 0 Å². The number of nitrogens with one attached hydrogen (secondary N) is 1. The Bertz CT molecular complexity index is 1140. The van der Waals surface area contributed by atoms with Crippen LogP contribution in [0, 0.1) is 11.6 Å². The van der Waals surface area contributed by atoms with Crippen molar-refractivity contribution in [1.29, 1.82) is 0 Å². The quantitative estimate of drug-likeness (QED) is 0.650. The predicted octanol–water partition coefficient (Wildman–Crippen LogP) is 3.83. The number of hydrogen-bond donors (Lipinski definition) is 1. The molecular formula is C17H13ClF2N4O2S2. The molecule has 1 N–H and O–H groups in total. The van der Waals surface area contributed by atoms with E-state index in [0.29, 0.717) is 18.5 Å². The number of fused-ring (bicyclic) bond motifs is 1. The van der Waals surface area contributed by atoms with Crippen LogP contribution in [-0.2, 0) is 23.0 Å². The number of nitrogens with zero attached hydrogens (tertiary/aromatic N) is 3. The van der Waals surface area contributed by atoms with Gasteiger partial charge in [-0.3, -0.25) is 4.72 Å². The van der Waals surface area contributed by atoms with Gasteiger partial charge in [-0.05, 0) is 47.9 Å². The Morgan fingerprint density at radius 1 is 1.25 bits per heavy atom. The first-order chi connectivity index (χ1) is 13.3. The molecule has 0 bridgehead atoms. The second-order valence-electron chi connectivity index (χ2n) is 6.17. The van der Waals surface area contributed by atoms with Crippen molar-refractivity contribution >= 4 is 44.0 Å². The van der Waals surface area contributed by atoms with Crippen LogP contribution in [0.1, 0.15) is 11.1 Å². The minimum absolute atomic E-state index is 0.0282. The van der Waals surface area contributed by atoms with E-state index < -0.39 is 20.7 Å². The van der Waals surface area contributed by atoms with E-state index in [0.717, 1.165) is 34.9 Å². The lowest BCUT2D eigenvalue weighted by molar-refractivity contribution is 0.568. The molecular weight excluding hydrogens is 430 g/mol. The molecule has 0 radical (unpaired) electrons. The lowest BCUT2D eigenvalue weighted by Crippen LogP contribution is -2.20. The first kappa shape index (κ1) is 19.0. The monoisotopic (exact) mass is 442 g/mol. The molecule has 0 fully saturated rings. The maximum absolute atomic E-state index is 14.6. The number of anilines is 2. The number of rotatable bonds is 5. The fraction of sp³-hybridized carbons (Fsp3) is 0.176. The van der Waals surface area contributed by atoms with Crippen molar-refractivity contribution in [3.8, 4) is 0 Å². The molecule has 1 aromatic heterocycles. The first-order valence-corrected chi connectivity index (χ1v) is 10.8. The third-order valence-electron chi connectivity index (χ3n) is 4.37. The summed E-state index contributed by atoms with van der Waals surface area (Å²) in [5, 5.41) is 0.148. The van der Waals surface area contributed by atoms with E-state index in [2.05, 4.69) is 14.1 Å². The Balaban J connectivity index is 1.60. The molecule has 0 unspecified atom stereocenters. The van der Waals surface area contributed by atoms with Gasteiger partial charge in [0.2, 0.25) is 5.13 Å². The maximum atomic E-state index is 14.6. The van der Waals surface area contributed by atoms with Crippen LogP contribution in [0.2, 0.25) is 5.02 Å². The molecule has 0 saturated carbocycles. The van der Waals surface area contributed by atoms with Crippen LogP contribution in [0.4, 0.5) is 19.6 Å². The van der Waals surface area contributed by atoms with Crippen LogP contribution in [0.15, 0.2) is 41.6 Å². The van der Waals surface area contributed by atoms with Crippen LogP contribution < -0.4 is 9.62 Å². The molecule has 1 aliphatic heterocycles. The average molecular weight is 443 g/mol. The zero-order valence-electron chi connectivity index (χ0n) is 14.2. The average Bonchev–Trinajstić information content (AvgIpc) is 3.27.